The number of benzene rings is 3. The van der Waals surface area contributed by atoms with E-state index < -0.39 is 46.8 Å². The summed E-state index contributed by atoms with van der Waals surface area (Å²) in [6.45, 7) is 5.35. The zero-order chi connectivity index (χ0) is 33.0. The van der Waals surface area contributed by atoms with Crippen molar-refractivity contribution in [3.8, 4) is 0 Å². The van der Waals surface area contributed by atoms with Gasteiger partial charge in [-0.05, 0) is 50.3 Å². The molecule has 0 aliphatic carbocycles. The number of carbonyl (C=O) groups excluding carboxylic acids is 4. The Morgan fingerprint density at radius 3 is 1.76 bits per heavy atom. The van der Waals surface area contributed by atoms with Gasteiger partial charge in [-0.25, -0.2) is 9.59 Å². The number of piperidine rings is 1. The van der Waals surface area contributed by atoms with Crippen LogP contribution in [0.5, 0.6) is 0 Å². The highest BCUT2D eigenvalue weighted by molar-refractivity contribution is 6.07. The van der Waals surface area contributed by atoms with Crippen molar-refractivity contribution >= 4 is 24.1 Å². The number of nitrogens with one attached hydrogen (secondary N) is 2. The van der Waals surface area contributed by atoms with E-state index in [4.69, 9.17) is 14.3 Å². The monoisotopic (exact) mass is 628 g/mol. The first-order chi connectivity index (χ1) is 22.0. The summed E-state index contributed by atoms with van der Waals surface area (Å²) in [6.07, 6.45) is -0.428. The maximum absolute atomic E-state index is 13.9. The largest absolute Gasteiger partial charge is 0.528 e. The predicted molar refractivity (Wildman–Crippen MR) is 169 cm³/mol. The first-order valence-corrected chi connectivity index (χ1v) is 15.3. The van der Waals surface area contributed by atoms with E-state index in [2.05, 4.69) is 10.6 Å². The molecule has 2 aliphatic heterocycles. The minimum Gasteiger partial charge on any atom is -0.468 e. The summed E-state index contributed by atoms with van der Waals surface area (Å²) in [6, 6.07) is 27.4. The number of hydrogen-bond acceptors (Lipinski definition) is 9. The fraction of sp³-hybridized carbons (Fsp3) is 0.371. The van der Waals surface area contributed by atoms with Crippen molar-refractivity contribution in [2.45, 2.75) is 56.3 Å². The van der Waals surface area contributed by atoms with Crippen LogP contribution in [0.2, 0.25) is 0 Å². The summed E-state index contributed by atoms with van der Waals surface area (Å²) >= 11 is 0. The minimum absolute atomic E-state index is 0.204. The van der Waals surface area contributed by atoms with Crippen LogP contribution >= 0.6 is 0 Å². The fourth-order valence-electron chi connectivity index (χ4n) is 6.09. The van der Waals surface area contributed by atoms with Crippen molar-refractivity contribution in [3.05, 3.63) is 108 Å². The average Bonchev–Trinajstić information content (AvgIpc) is 3.27. The van der Waals surface area contributed by atoms with Crippen molar-refractivity contribution in [1.82, 2.24) is 20.6 Å². The number of imide groups is 1. The molecule has 46 heavy (non-hydrogen) atoms. The molecule has 5 rings (SSSR count). The molecule has 0 unspecified atom stereocenters. The first-order valence-electron chi connectivity index (χ1n) is 15.3. The van der Waals surface area contributed by atoms with Crippen molar-refractivity contribution in [2.75, 3.05) is 26.7 Å². The molecule has 0 radical (unpaired) electrons. The molecule has 2 saturated heterocycles. The van der Waals surface area contributed by atoms with Crippen LogP contribution in [-0.4, -0.2) is 78.0 Å². The maximum atomic E-state index is 13.9. The second-order valence-corrected chi connectivity index (χ2v) is 12.5. The highest BCUT2D eigenvalue weighted by Crippen LogP contribution is 2.38. The molecule has 0 bridgehead atoms. The maximum Gasteiger partial charge on any atom is 0.528 e. The second-order valence-electron chi connectivity index (χ2n) is 12.5. The molecule has 0 aromatic heterocycles. The van der Waals surface area contributed by atoms with E-state index in [1.807, 2.05) is 91.0 Å². The Balaban J connectivity index is 1.42. The molecule has 3 amide bonds. The molecule has 1 atom stereocenters. The van der Waals surface area contributed by atoms with Crippen molar-refractivity contribution in [3.63, 3.8) is 0 Å². The molecule has 2 aliphatic rings. The molecule has 11 nitrogen and oxygen atoms in total. The first kappa shape index (κ1) is 32.6. The Hall–Kier alpha value is -4.74. The standard InChI is InChI=1S/C35H40N4O7/c1-33(2,3)45-32(43)46-38-22-20-34(21-23-38)30(41)39(31(42)37-34)24-28(29(40)44-4)36-35(25-14-8-5-9-15-25,26-16-10-6-11-17-26)27-18-12-7-13-19-27/h5-19,28,36H,20-24H2,1-4H3,(H,37,42)/t28-/m0/s1. The molecule has 0 saturated carbocycles. The van der Waals surface area contributed by atoms with Gasteiger partial charge in [0, 0.05) is 13.1 Å². The summed E-state index contributed by atoms with van der Waals surface area (Å²) in [5.41, 5.74) is -0.398. The van der Waals surface area contributed by atoms with Gasteiger partial charge in [-0.3, -0.25) is 19.8 Å². The van der Waals surface area contributed by atoms with Crippen molar-refractivity contribution < 1.29 is 33.5 Å². The second kappa shape index (κ2) is 13.3. The van der Waals surface area contributed by atoms with Gasteiger partial charge in [-0.2, -0.15) is 0 Å². The number of nitrogens with zero attached hydrogens (tertiary/aromatic N) is 2. The molecule has 2 fully saturated rings. The Bertz CT molecular complexity index is 1440. The summed E-state index contributed by atoms with van der Waals surface area (Å²) < 4.78 is 10.5. The Morgan fingerprint density at radius 1 is 0.848 bits per heavy atom. The van der Waals surface area contributed by atoms with Gasteiger partial charge in [0.1, 0.15) is 17.2 Å². The molecule has 11 heteroatoms. The van der Waals surface area contributed by atoms with Crippen LogP contribution < -0.4 is 10.6 Å². The van der Waals surface area contributed by atoms with E-state index in [0.29, 0.717) is 0 Å². The summed E-state index contributed by atoms with van der Waals surface area (Å²) in [5.74, 6) is -1.08. The van der Waals surface area contributed by atoms with Crippen LogP contribution in [0.25, 0.3) is 0 Å². The lowest BCUT2D eigenvalue weighted by molar-refractivity contribution is -0.162. The molecule has 3 aromatic carbocycles. The van der Waals surface area contributed by atoms with E-state index >= 15 is 0 Å². The van der Waals surface area contributed by atoms with Crippen LogP contribution in [0.3, 0.4) is 0 Å². The van der Waals surface area contributed by atoms with Gasteiger partial charge >= 0.3 is 18.2 Å². The third-order valence-electron chi connectivity index (χ3n) is 8.28. The lowest BCUT2D eigenvalue weighted by atomic mass is 9.76. The highest BCUT2D eigenvalue weighted by Gasteiger charge is 2.54. The number of rotatable bonds is 9. The van der Waals surface area contributed by atoms with E-state index in [1.165, 1.54) is 12.2 Å². The van der Waals surface area contributed by atoms with Crippen LogP contribution in [-0.2, 0) is 29.4 Å². The minimum atomic E-state index is -1.19. The van der Waals surface area contributed by atoms with Gasteiger partial charge in [0.05, 0.1) is 19.2 Å². The molecule has 2 N–H and O–H groups in total. The average molecular weight is 629 g/mol. The lowest BCUT2D eigenvalue weighted by Crippen LogP contribution is -2.58. The molecule has 1 spiro atoms. The normalized spacial score (nSPS) is 17.3. The van der Waals surface area contributed by atoms with Gasteiger partial charge in [-0.15, -0.1) is 5.06 Å². The number of carbonyl (C=O) groups is 4. The van der Waals surface area contributed by atoms with Gasteiger partial charge in [-0.1, -0.05) is 91.0 Å². The van der Waals surface area contributed by atoms with Crippen LogP contribution in [0.1, 0.15) is 50.3 Å². The van der Waals surface area contributed by atoms with E-state index in [0.717, 1.165) is 21.6 Å². The fourth-order valence-corrected chi connectivity index (χ4v) is 6.09. The summed E-state index contributed by atoms with van der Waals surface area (Å²) in [4.78, 5) is 59.4. The van der Waals surface area contributed by atoms with Gasteiger partial charge in [0.2, 0.25) is 0 Å². The zero-order valence-corrected chi connectivity index (χ0v) is 26.5. The number of amides is 3. The smallest absolute Gasteiger partial charge is 0.468 e. The summed E-state index contributed by atoms with van der Waals surface area (Å²) in [7, 11) is 1.28. The van der Waals surface area contributed by atoms with Crippen LogP contribution in [0.15, 0.2) is 91.0 Å². The quantitative estimate of drug-likeness (QED) is 0.202. The van der Waals surface area contributed by atoms with Gasteiger partial charge in [0.15, 0.2) is 0 Å². The SMILES string of the molecule is COC(=O)[C@H](CN1C(=O)NC2(CCN(OC(=O)OC(C)(C)C)CC2)C1=O)NC(c1ccccc1)(c1ccccc1)c1ccccc1. The number of methoxy groups -OCH3 is 1. The van der Waals surface area contributed by atoms with Crippen LogP contribution in [0, 0.1) is 0 Å². The van der Waals surface area contributed by atoms with Crippen molar-refractivity contribution in [2.24, 2.45) is 0 Å². The molecular weight excluding hydrogens is 588 g/mol. The zero-order valence-electron chi connectivity index (χ0n) is 26.5. The molecule has 3 aromatic rings. The number of esters is 1. The van der Waals surface area contributed by atoms with E-state index in [9.17, 15) is 19.2 Å². The number of hydroxylamine groups is 2. The van der Waals surface area contributed by atoms with Crippen LogP contribution in [0.4, 0.5) is 9.59 Å². The third kappa shape index (κ3) is 6.75. The van der Waals surface area contributed by atoms with E-state index in [1.54, 1.807) is 20.8 Å². The Labute approximate surface area is 268 Å². The number of urea groups is 1. The topological polar surface area (TPSA) is 127 Å². The van der Waals surface area contributed by atoms with E-state index in [-0.39, 0.29) is 32.5 Å². The molecular formula is C35H40N4O7. The predicted octanol–water partition coefficient (Wildman–Crippen LogP) is 4.36. The Kier molecular flexibility index (Phi) is 9.45. The third-order valence-corrected chi connectivity index (χ3v) is 8.28. The Morgan fingerprint density at radius 2 is 1.33 bits per heavy atom. The molecule has 2 heterocycles. The van der Waals surface area contributed by atoms with Crippen molar-refractivity contribution in [1.29, 1.82) is 0 Å². The highest BCUT2D eigenvalue weighted by atomic mass is 16.8. The van der Waals surface area contributed by atoms with Gasteiger partial charge < -0.3 is 19.6 Å². The number of ether oxygens (including phenoxy) is 2. The number of hydrogen-bond donors (Lipinski definition) is 2. The lowest BCUT2D eigenvalue weighted by Gasteiger charge is -2.40. The van der Waals surface area contributed by atoms with Gasteiger partial charge in [0.25, 0.3) is 5.91 Å². The summed E-state index contributed by atoms with van der Waals surface area (Å²) in [5, 5.41) is 7.83. The molecule has 242 valence electrons.